The lowest BCUT2D eigenvalue weighted by molar-refractivity contribution is 0.626. The average molecular weight is 267 g/mol. The molecule has 0 bridgehead atoms. The highest BCUT2D eigenvalue weighted by Gasteiger charge is 2.07. The van der Waals surface area contributed by atoms with Gasteiger partial charge in [0.25, 0.3) is 0 Å². The summed E-state index contributed by atoms with van der Waals surface area (Å²) in [5, 5.41) is 4.23. The third-order valence-electron chi connectivity index (χ3n) is 3.20. The number of nitrogens with one attached hydrogen (secondary N) is 1. The van der Waals surface area contributed by atoms with E-state index in [1.54, 1.807) is 18.3 Å². The zero-order valence-corrected chi connectivity index (χ0v) is 11.0. The van der Waals surface area contributed by atoms with Crippen molar-refractivity contribution in [3.05, 3.63) is 66.1 Å². The Morgan fingerprint density at radius 2 is 1.80 bits per heavy atom. The maximum atomic E-state index is 12.9. The zero-order valence-electron chi connectivity index (χ0n) is 11.0. The van der Waals surface area contributed by atoms with Gasteiger partial charge in [0.2, 0.25) is 5.95 Å². The molecule has 3 aromatic rings. The third kappa shape index (κ3) is 2.59. The first-order valence-corrected chi connectivity index (χ1v) is 6.46. The van der Waals surface area contributed by atoms with Gasteiger partial charge in [-0.05, 0) is 30.7 Å². The van der Waals surface area contributed by atoms with E-state index in [2.05, 4.69) is 15.3 Å². The summed E-state index contributed by atoms with van der Waals surface area (Å²) in [6, 6.07) is 14.3. The molecule has 3 nitrogen and oxygen atoms in total. The van der Waals surface area contributed by atoms with E-state index in [4.69, 9.17) is 0 Å². The summed E-state index contributed by atoms with van der Waals surface area (Å²) >= 11 is 0. The van der Waals surface area contributed by atoms with Gasteiger partial charge in [0.15, 0.2) is 0 Å². The molecule has 0 saturated heterocycles. The van der Waals surface area contributed by atoms with E-state index in [-0.39, 0.29) is 11.9 Å². The van der Waals surface area contributed by atoms with Crippen LogP contribution in [-0.4, -0.2) is 9.97 Å². The van der Waals surface area contributed by atoms with Gasteiger partial charge in [-0.1, -0.05) is 30.3 Å². The van der Waals surface area contributed by atoms with Gasteiger partial charge in [0.1, 0.15) is 5.82 Å². The molecular weight excluding hydrogens is 253 g/mol. The first kappa shape index (κ1) is 12.5. The number of anilines is 1. The Morgan fingerprint density at radius 3 is 2.60 bits per heavy atom. The number of aromatic nitrogens is 2. The number of hydrogen-bond acceptors (Lipinski definition) is 3. The summed E-state index contributed by atoms with van der Waals surface area (Å²) in [4.78, 5) is 8.76. The van der Waals surface area contributed by atoms with Crippen molar-refractivity contribution in [2.75, 3.05) is 5.32 Å². The van der Waals surface area contributed by atoms with E-state index < -0.39 is 0 Å². The molecule has 1 unspecified atom stereocenters. The first-order chi connectivity index (χ1) is 9.72. The maximum absolute atomic E-state index is 12.9. The van der Waals surface area contributed by atoms with Crippen molar-refractivity contribution < 1.29 is 4.39 Å². The highest BCUT2D eigenvalue weighted by atomic mass is 19.1. The molecule has 1 atom stereocenters. The van der Waals surface area contributed by atoms with Crippen LogP contribution in [0.2, 0.25) is 0 Å². The SMILES string of the molecule is CC(Nc1ncc2ccccc2n1)c1ccc(F)cc1. The maximum Gasteiger partial charge on any atom is 0.223 e. The number of rotatable bonds is 3. The van der Waals surface area contributed by atoms with Gasteiger partial charge in [0, 0.05) is 11.6 Å². The minimum atomic E-state index is -0.233. The van der Waals surface area contributed by atoms with Crippen LogP contribution in [0.4, 0.5) is 10.3 Å². The topological polar surface area (TPSA) is 37.8 Å². The van der Waals surface area contributed by atoms with E-state index in [9.17, 15) is 4.39 Å². The van der Waals surface area contributed by atoms with Crippen molar-refractivity contribution in [2.24, 2.45) is 0 Å². The molecule has 2 aromatic carbocycles. The molecule has 100 valence electrons. The van der Waals surface area contributed by atoms with Crippen molar-refractivity contribution in [1.82, 2.24) is 9.97 Å². The van der Waals surface area contributed by atoms with Gasteiger partial charge < -0.3 is 5.32 Å². The van der Waals surface area contributed by atoms with Crippen molar-refractivity contribution in [3.63, 3.8) is 0 Å². The molecule has 0 fully saturated rings. The Hall–Kier alpha value is -2.49. The van der Waals surface area contributed by atoms with Gasteiger partial charge in [-0.3, -0.25) is 0 Å². The number of para-hydroxylation sites is 1. The summed E-state index contributed by atoms with van der Waals surface area (Å²) in [6.45, 7) is 1.99. The fourth-order valence-electron chi connectivity index (χ4n) is 2.07. The van der Waals surface area contributed by atoms with E-state index in [0.717, 1.165) is 16.5 Å². The number of nitrogens with zero attached hydrogens (tertiary/aromatic N) is 2. The second kappa shape index (κ2) is 5.25. The van der Waals surface area contributed by atoms with Crippen LogP contribution in [0.3, 0.4) is 0 Å². The van der Waals surface area contributed by atoms with Crippen LogP contribution >= 0.6 is 0 Å². The third-order valence-corrected chi connectivity index (χ3v) is 3.20. The van der Waals surface area contributed by atoms with E-state index in [1.807, 2.05) is 31.2 Å². The molecule has 1 aromatic heterocycles. The smallest absolute Gasteiger partial charge is 0.223 e. The molecule has 0 aliphatic heterocycles. The Kier molecular flexibility index (Phi) is 3.29. The Bertz CT molecular complexity index is 725. The number of halogens is 1. The normalized spacial score (nSPS) is 12.3. The molecule has 4 heteroatoms. The largest absolute Gasteiger partial charge is 0.348 e. The molecule has 1 N–H and O–H groups in total. The first-order valence-electron chi connectivity index (χ1n) is 6.46. The Labute approximate surface area is 116 Å². The zero-order chi connectivity index (χ0) is 13.9. The number of hydrogen-bond donors (Lipinski definition) is 1. The molecule has 3 rings (SSSR count). The molecule has 0 aliphatic carbocycles. The fourth-order valence-corrected chi connectivity index (χ4v) is 2.07. The van der Waals surface area contributed by atoms with Gasteiger partial charge in [0.05, 0.1) is 11.6 Å². The Morgan fingerprint density at radius 1 is 1.05 bits per heavy atom. The van der Waals surface area contributed by atoms with Crippen molar-refractivity contribution in [1.29, 1.82) is 0 Å². The minimum absolute atomic E-state index is 0.0109. The predicted molar refractivity (Wildman–Crippen MR) is 78.0 cm³/mol. The second-order valence-corrected chi connectivity index (χ2v) is 4.67. The predicted octanol–water partition coefficient (Wildman–Crippen LogP) is 3.94. The lowest BCUT2D eigenvalue weighted by Gasteiger charge is -2.14. The van der Waals surface area contributed by atoms with Crippen molar-refractivity contribution >= 4 is 16.9 Å². The monoisotopic (exact) mass is 267 g/mol. The lowest BCUT2D eigenvalue weighted by atomic mass is 10.1. The average Bonchev–Trinajstić information content (AvgIpc) is 2.48. The lowest BCUT2D eigenvalue weighted by Crippen LogP contribution is -2.09. The molecule has 0 aliphatic rings. The fraction of sp³-hybridized carbons (Fsp3) is 0.125. The van der Waals surface area contributed by atoms with E-state index >= 15 is 0 Å². The molecular formula is C16H14FN3. The summed E-state index contributed by atoms with van der Waals surface area (Å²) in [5.74, 6) is 0.337. The van der Waals surface area contributed by atoms with Crippen LogP contribution in [0.15, 0.2) is 54.7 Å². The van der Waals surface area contributed by atoms with Crippen LogP contribution in [0.1, 0.15) is 18.5 Å². The van der Waals surface area contributed by atoms with Crippen molar-refractivity contribution in [3.8, 4) is 0 Å². The highest BCUT2D eigenvalue weighted by Crippen LogP contribution is 2.18. The molecule has 0 amide bonds. The molecule has 20 heavy (non-hydrogen) atoms. The standard InChI is InChI=1S/C16H14FN3/c1-11(12-6-8-14(17)9-7-12)19-16-18-10-13-4-2-3-5-15(13)20-16/h2-11H,1H3,(H,18,19,20). The molecule has 1 heterocycles. The van der Waals surface area contributed by atoms with Crippen LogP contribution in [0.25, 0.3) is 10.9 Å². The van der Waals surface area contributed by atoms with E-state index in [1.165, 1.54) is 12.1 Å². The van der Waals surface area contributed by atoms with E-state index in [0.29, 0.717) is 5.95 Å². The van der Waals surface area contributed by atoms with Gasteiger partial charge in [-0.2, -0.15) is 0 Å². The Balaban J connectivity index is 1.83. The van der Waals surface area contributed by atoms with Crippen LogP contribution < -0.4 is 5.32 Å². The van der Waals surface area contributed by atoms with Crippen LogP contribution in [0, 0.1) is 5.82 Å². The summed E-state index contributed by atoms with van der Waals surface area (Å²) in [5.41, 5.74) is 1.89. The molecule has 0 radical (unpaired) electrons. The molecule has 0 spiro atoms. The quantitative estimate of drug-likeness (QED) is 0.781. The summed E-state index contributed by atoms with van der Waals surface area (Å²) in [6.07, 6.45) is 1.79. The van der Waals surface area contributed by atoms with Crippen molar-refractivity contribution in [2.45, 2.75) is 13.0 Å². The second-order valence-electron chi connectivity index (χ2n) is 4.67. The molecule has 0 saturated carbocycles. The number of benzene rings is 2. The van der Waals surface area contributed by atoms with Gasteiger partial charge in [-0.25, -0.2) is 14.4 Å². The number of fused-ring (bicyclic) bond motifs is 1. The minimum Gasteiger partial charge on any atom is -0.348 e. The van der Waals surface area contributed by atoms with Crippen LogP contribution in [0.5, 0.6) is 0 Å². The summed E-state index contributed by atoms with van der Waals surface area (Å²) in [7, 11) is 0. The summed E-state index contributed by atoms with van der Waals surface area (Å²) < 4.78 is 12.9. The highest BCUT2D eigenvalue weighted by molar-refractivity contribution is 5.78. The van der Waals surface area contributed by atoms with Gasteiger partial charge in [-0.15, -0.1) is 0 Å². The van der Waals surface area contributed by atoms with Gasteiger partial charge >= 0.3 is 0 Å². The van der Waals surface area contributed by atoms with Crippen LogP contribution in [-0.2, 0) is 0 Å².